The third-order valence-electron chi connectivity index (χ3n) is 1.39. The monoisotopic (exact) mass is 262 g/mol. The maximum absolute atomic E-state index is 5.81. The van der Waals surface area contributed by atoms with Gasteiger partial charge in [0, 0.05) is 6.92 Å². The molecule has 0 aliphatic carbocycles. The van der Waals surface area contributed by atoms with Gasteiger partial charge in [-0.3, -0.25) is 0 Å². The summed E-state index contributed by atoms with van der Waals surface area (Å²) in [5.41, 5.74) is 0. The number of rotatable bonds is 2. The minimum atomic E-state index is 0.250. The molecule has 0 bridgehead atoms. The smallest absolute Gasteiger partial charge is 0.281 e. The zero-order chi connectivity index (χ0) is 10.8. The Hall–Kier alpha value is -0.850. The molecule has 15 heavy (non-hydrogen) atoms. The quantitative estimate of drug-likeness (QED) is 0.829. The van der Waals surface area contributed by atoms with Crippen LogP contribution in [-0.2, 0) is 0 Å². The second kappa shape index (κ2) is 4.34. The number of aromatic nitrogens is 4. The van der Waals surface area contributed by atoms with Crippen molar-refractivity contribution in [3.63, 3.8) is 0 Å². The lowest BCUT2D eigenvalue weighted by molar-refractivity contribution is 0.429. The Morgan fingerprint density at radius 1 is 1.20 bits per heavy atom. The van der Waals surface area contributed by atoms with E-state index in [9.17, 15) is 0 Å². The maximum atomic E-state index is 5.81. The van der Waals surface area contributed by atoms with Crippen molar-refractivity contribution < 1.29 is 4.42 Å². The molecule has 8 heteroatoms. The SMILES string of the molecule is Cc1nnc(Sc2cc(Cl)nnc2Cl)o1. The lowest BCUT2D eigenvalue weighted by Gasteiger charge is -1.98. The number of hydrogen-bond acceptors (Lipinski definition) is 6. The molecule has 0 saturated heterocycles. The fourth-order valence-electron chi connectivity index (χ4n) is 0.823. The highest BCUT2D eigenvalue weighted by atomic mass is 35.5. The van der Waals surface area contributed by atoms with Crippen LogP contribution < -0.4 is 0 Å². The topological polar surface area (TPSA) is 64.7 Å². The largest absolute Gasteiger partial charge is 0.416 e. The maximum Gasteiger partial charge on any atom is 0.281 e. The van der Waals surface area contributed by atoms with Crippen molar-refractivity contribution >= 4 is 35.0 Å². The van der Waals surface area contributed by atoms with Crippen LogP contribution >= 0.6 is 35.0 Å². The molecular weight excluding hydrogens is 259 g/mol. The van der Waals surface area contributed by atoms with Crippen molar-refractivity contribution in [3.8, 4) is 0 Å². The minimum absolute atomic E-state index is 0.250. The van der Waals surface area contributed by atoms with Gasteiger partial charge in [0.1, 0.15) is 0 Å². The molecule has 0 spiro atoms. The molecule has 0 aliphatic rings. The summed E-state index contributed by atoms with van der Waals surface area (Å²) in [6.07, 6.45) is 0. The van der Waals surface area contributed by atoms with E-state index in [-0.39, 0.29) is 10.3 Å². The standard InChI is InChI=1S/C7H4Cl2N4OS/c1-3-10-13-7(14-3)15-4-2-5(8)11-12-6(4)9/h2H,1H3. The molecule has 0 aromatic carbocycles. The van der Waals surface area contributed by atoms with Gasteiger partial charge in [0.25, 0.3) is 5.22 Å². The summed E-state index contributed by atoms with van der Waals surface area (Å²) in [6.45, 7) is 1.70. The Bertz CT molecular complexity index is 490. The van der Waals surface area contributed by atoms with Gasteiger partial charge in [-0.15, -0.1) is 20.4 Å². The summed E-state index contributed by atoms with van der Waals surface area (Å²) in [4.78, 5) is 0.625. The van der Waals surface area contributed by atoms with Crippen LogP contribution in [0.4, 0.5) is 0 Å². The van der Waals surface area contributed by atoms with Gasteiger partial charge < -0.3 is 4.42 Å². The Labute approximate surface area is 99.2 Å². The van der Waals surface area contributed by atoms with Gasteiger partial charge in [-0.1, -0.05) is 23.2 Å². The zero-order valence-corrected chi connectivity index (χ0v) is 9.77. The van der Waals surface area contributed by atoms with Gasteiger partial charge in [0.15, 0.2) is 10.3 Å². The van der Waals surface area contributed by atoms with Crippen molar-refractivity contribution in [2.24, 2.45) is 0 Å². The van der Waals surface area contributed by atoms with E-state index < -0.39 is 0 Å². The van der Waals surface area contributed by atoms with E-state index >= 15 is 0 Å². The Morgan fingerprint density at radius 2 is 2.00 bits per heavy atom. The summed E-state index contributed by atoms with van der Waals surface area (Å²) < 4.78 is 5.17. The third-order valence-corrected chi connectivity index (χ3v) is 2.84. The summed E-state index contributed by atoms with van der Waals surface area (Å²) in [7, 11) is 0. The number of halogens is 2. The van der Waals surface area contributed by atoms with Gasteiger partial charge in [0.2, 0.25) is 5.89 Å². The van der Waals surface area contributed by atoms with E-state index in [4.69, 9.17) is 27.6 Å². The molecule has 2 rings (SSSR count). The second-order valence-electron chi connectivity index (χ2n) is 2.51. The molecule has 5 nitrogen and oxygen atoms in total. The number of nitrogens with zero attached hydrogens (tertiary/aromatic N) is 4. The lowest BCUT2D eigenvalue weighted by atomic mass is 10.6. The van der Waals surface area contributed by atoms with E-state index in [1.165, 1.54) is 11.8 Å². The Morgan fingerprint density at radius 3 is 2.67 bits per heavy atom. The Kier molecular flexibility index (Phi) is 3.08. The van der Waals surface area contributed by atoms with Crippen LogP contribution in [0.2, 0.25) is 10.3 Å². The first-order valence-electron chi connectivity index (χ1n) is 3.82. The van der Waals surface area contributed by atoms with Gasteiger partial charge >= 0.3 is 0 Å². The minimum Gasteiger partial charge on any atom is -0.416 e. The van der Waals surface area contributed by atoms with E-state index in [0.29, 0.717) is 16.0 Å². The van der Waals surface area contributed by atoms with Crippen LogP contribution in [0.15, 0.2) is 20.6 Å². The van der Waals surface area contributed by atoms with Gasteiger partial charge in [-0.25, -0.2) is 0 Å². The summed E-state index contributed by atoms with van der Waals surface area (Å²) in [5.74, 6) is 0.488. The average molecular weight is 263 g/mol. The second-order valence-corrected chi connectivity index (χ2v) is 4.25. The molecule has 78 valence electrons. The molecule has 0 amide bonds. The fraction of sp³-hybridized carbons (Fsp3) is 0.143. The molecule has 0 aliphatic heterocycles. The van der Waals surface area contributed by atoms with Crippen molar-refractivity contribution in [2.75, 3.05) is 0 Å². The van der Waals surface area contributed by atoms with E-state index in [1.54, 1.807) is 13.0 Å². The first-order valence-corrected chi connectivity index (χ1v) is 5.39. The Balaban J connectivity index is 2.27. The van der Waals surface area contributed by atoms with E-state index in [1.807, 2.05) is 0 Å². The predicted molar refractivity (Wildman–Crippen MR) is 55.2 cm³/mol. The fourth-order valence-corrected chi connectivity index (χ4v) is 1.97. The van der Waals surface area contributed by atoms with Gasteiger partial charge in [-0.2, -0.15) is 0 Å². The first-order chi connectivity index (χ1) is 7.15. The van der Waals surface area contributed by atoms with Gasteiger partial charge in [-0.05, 0) is 17.8 Å². The summed E-state index contributed by atoms with van der Waals surface area (Å²) >= 11 is 12.7. The van der Waals surface area contributed by atoms with Crippen molar-refractivity contribution in [1.29, 1.82) is 0 Å². The molecule has 2 aromatic heterocycles. The average Bonchev–Trinajstić information content (AvgIpc) is 2.58. The van der Waals surface area contributed by atoms with Crippen LogP contribution in [0.3, 0.4) is 0 Å². The van der Waals surface area contributed by atoms with E-state index in [2.05, 4.69) is 20.4 Å². The number of hydrogen-bond donors (Lipinski definition) is 0. The predicted octanol–water partition coefficient (Wildman–Crippen LogP) is 2.63. The summed E-state index contributed by atoms with van der Waals surface area (Å²) in [6, 6.07) is 1.58. The molecule has 2 heterocycles. The molecule has 0 unspecified atom stereocenters. The molecular formula is C7H4Cl2N4OS. The van der Waals surface area contributed by atoms with Crippen molar-refractivity contribution in [3.05, 3.63) is 22.3 Å². The third kappa shape index (κ3) is 2.58. The lowest BCUT2D eigenvalue weighted by Crippen LogP contribution is -1.85. The molecule has 0 fully saturated rings. The van der Waals surface area contributed by atoms with Gasteiger partial charge in [0.05, 0.1) is 4.90 Å². The molecule has 0 N–H and O–H groups in total. The zero-order valence-electron chi connectivity index (χ0n) is 7.44. The van der Waals surface area contributed by atoms with Crippen molar-refractivity contribution in [2.45, 2.75) is 17.0 Å². The summed E-state index contributed by atoms with van der Waals surface area (Å²) in [5, 5.41) is 15.6. The van der Waals surface area contributed by atoms with Crippen LogP contribution in [0.25, 0.3) is 0 Å². The van der Waals surface area contributed by atoms with Crippen LogP contribution in [0.1, 0.15) is 5.89 Å². The van der Waals surface area contributed by atoms with Crippen LogP contribution in [0.5, 0.6) is 0 Å². The van der Waals surface area contributed by atoms with E-state index in [0.717, 1.165) is 0 Å². The van der Waals surface area contributed by atoms with Crippen LogP contribution in [-0.4, -0.2) is 20.4 Å². The molecule has 0 radical (unpaired) electrons. The normalized spacial score (nSPS) is 10.6. The molecule has 0 saturated carbocycles. The number of aryl methyl sites for hydroxylation is 1. The molecule has 2 aromatic rings. The highest BCUT2D eigenvalue weighted by Gasteiger charge is 2.10. The molecule has 0 atom stereocenters. The highest BCUT2D eigenvalue weighted by molar-refractivity contribution is 7.99. The van der Waals surface area contributed by atoms with Crippen molar-refractivity contribution in [1.82, 2.24) is 20.4 Å². The highest BCUT2D eigenvalue weighted by Crippen LogP contribution is 2.31. The van der Waals surface area contributed by atoms with Crippen LogP contribution in [0, 0.1) is 6.92 Å². The first kappa shape index (κ1) is 10.7.